The first-order chi connectivity index (χ1) is 13.4. The van der Waals surface area contributed by atoms with Crippen LogP contribution in [-0.2, 0) is 25.5 Å². The molecule has 1 aromatic rings. The third-order valence-electron chi connectivity index (χ3n) is 3.80. The Hall–Kier alpha value is -3.21. The summed E-state index contributed by atoms with van der Waals surface area (Å²) in [6.45, 7) is 3.47. The van der Waals surface area contributed by atoms with E-state index in [1.54, 1.807) is 13.8 Å². The lowest BCUT2D eigenvalue weighted by Crippen LogP contribution is -2.50. The van der Waals surface area contributed by atoms with Gasteiger partial charge in [-0.05, 0) is 19.9 Å². The predicted molar refractivity (Wildman–Crippen MR) is 95.4 cm³/mol. The topological polar surface area (TPSA) is 138 Å². The monoisotopic (exact) mass is 394 g/mol. The maximum Gasteiger partial charge on any atom is 0.359 e. The van der Waals surface area contributed by atoms with Gasteiger partial charge in [0.1, 0.15) is 6.61 Å². The number of nitrogens with one attached hydrogen (secondary N) is 2. The van der Waals surface area contributed by atoms with Gasteiger partial charge >= 0.3 is 18.0 Å². The van der Waals surface area contributed by atoms with Gasteiger partial charge in [0.25, 0.3) is 5.56 Å². The number of amides is 2. The minimum absolute atomic E-state index is 0.0951. The molecule has 11 heteroatoms. The highest BCUT2D eigenvalue weighted by Gasteiger charge is 2.30. The zero-order valence-corrected chi connectivity index (χ0v) is 15.8. The molecule has 2 N–H and O–H groups in total. The van der Waals surface area contributed by atoms with Gasteiger partial charge in [-0.2, -0.15) is 5.10 Å². The summed E-state index contributed by atoms with van der Waals surface area (Å²) < 4.78 is 16.1. The zero-order valence-electron chi connectivity index (χ0n) is 15.8. The summed E-state index contributed by atoms with van der Waals surface area (Å²) in [5.41, 5.74) is -0.203. The molecule has 0 aliphatic carbocycles. The molecule has 0 radical (unpaired) electrons. The molecular formula is C17H22N4O7. The summed E-state index contributed by atoms with van der Waals surface area (Å²) in [6, 6.07) is 1.28. The van der Waals surface area contributed by atoms with Gasteiger partial charge in [-0.1, -0.05) is 0 Å². The van der Waals surface area contributed by atoms with E-state index in [1.165, 1.54) is 19.2 Å². The highest BCUT2D eigenvalue weighted by atomic mass is 16.5. The van der Waals surface area contributed by atoms with Crippen molar-refractivity contribution >= 4 is 18.0 Å². The lowest BCUT2D eigenvalue weighted by atomic mass is 10.0. The number of carbonyl (C=O) groups excluding carboxylic acids is 3. The second-order valence-electron chi connectivity index (χ2n) is 5.78. The van der Waals surface area contributed by atoms with E-state index < -0.39 is 24.0 Å². The number of rotatable bonds is 8. The van der Waals surface area contributed by atoms with Crippen LogP contribution in [0.4, 0.5) is 4.79 Å². The molecule has 1 aliphatic rings. The number of hydrogen-bond acceptors (Lipinski definition) is 8. The minimum atomic E-state index is -0.817. The molecular weight excluding hydrogens is 372 g/mol. The minimum Gasteiger partial charge on any atom is -0.463 e. The number of hydrogen-bond donors (Lipinski definition) is 2. The Morgan fingerprint density at radius 1 is 1.21 bits per heavy atom. The number of carbonyl (C=O) groups is 3. The molecule has 0 fully saturated rings. The summed E-state index contributed by atoms with van der Waals surface area (Å²) in [6.07, 6.45) is 0. The van der Waals surface area contributed by atoms with Crippen molar-refractivity contribution in [1.82, 2.24) is 20.4 Å². The smallest absolute Gasteiger partial charge is 0.359 e. The van der Waals surface area contributed by atoms with Gasteiger partial charge in [-0.15, -0.1) is 0 Å². The standard InChI is InChI=1S/C17H22N4O7/c1-4-27-16(24)14-10(2)18-17(25)19-12(14)9-28-15(23)11-5-6-13(22)21(20-11)7-8-26-3/h5-6,10H,4,7-9H2,1-3H3,(H2,18,19,25)/t10-/m0/s1. The fourth-order valence-electron chi connectivity index (χ4n) is 2.50. The van der Waals surface area contributed by atoms with Crippen molar-refractivity contribution in [2.24, 2.45) is 0 Å². The fourth-order valence-corrected chi connectivity index (χ4v) is 2.50. The zero-order chi connectivity index (χ0) is 20.7. The molecule has 1 aromatic heterocycles. The van der Waals surface area contributed by atoms with Crippen molar-refractivity contribution in [3.05, 3.63) is 39.5 Å². The molecule has 0 spiro atoms. The van der Waals surface area contributed by atoms with Crippen LogP contribution < -0.4 is 16.2 Å². The Bertz CT molecular complexity index is 846. The molecule has 0 aromatic carbocycles. The van der Waals surface area contributed by atoms with Gasteiger partial charge < -0.3 is 24.8 Å². The molecule has 152 valence electrons. The fraction of sp³-hybridized carbons (Fsp3) is 0.471. The number of aromatic nitrogens is 2. The summed E-state index contributed by atoms with van der Waals surface area (Å²) in [5.74, 6) is -1.44. The Morgan fingerprint density at radius 2 is 1.96 bits per heavy atom. The van der Waals surface area contributed by atoms with E-state index in [1.807, 2.05) is 0 Å². The average Bonchev–Trinajstić information content (AvgIpc) is 2.65. The van der Waals surface area contributed by atoms with Crippen LogP contribution in [0.3, 0.4) is 0 Å². The van der Waals surface area contributed by atoms with Crippen LogP contribution in [0.5, 0.6) is 0 Å². The summed E-state index contributed by atoms with van der Waals surface area (Å²) in [5, 5.41) is 8.92. The predicted octanol–water partition coefficient (Wildman–Crippen LogP) is -0.435. The van der Waals surface area contributed by atoms with E-state index in [2.05, 4.69) is 15.7 Å². The molecule has 0 bridgehead atoms. The molecule has 0 saturated heterocycles. The molecule has 2 rings (SSSR count). The van der Waals surface area contributed by atoms with Crippen LogP contribution in [0.25, 0.3) is 0 Å². The van der Waals surface area contributed by atoms with E-state index in [0.29, 0.717) is 0 Å². The van der Waals surface area contributed by atoms with Gasteiger partial charge in [0.15, 0.2) is 5.69 Å². The van der Waals surface area contributed by atoms with Crippen LogP contribution in [-0.4, -0.2) is 60.7 Å². The summed E-state index contributed by atoms with van der Waals surface area (Å²) >= 11 is 0. The van der Waals surface area contributed by atoms with Gasteiger partial charge in [0, 0.05) is 13.2 Å². The Labute approximate surface area is 160 Å². The van der Waals surface area contributed by atoms with Crippen LogP contribution in [0.2, 0.25) is 0 Å². The van der Waals surface area contributed by atoms with Gasteiger partial charge in [-0.3, -0.25) is 4.79 Å². The Balaban J connectivity index is 2.17. The first-order valence-electron chi connectivity index (χ1n) is 8.59. The molecule has 2 amide bonds. The number of nitrogens with zero attached hydrogens (tertiary/aromatic N) is 2. The third-order valence-corrected chi connectivity index (χ3v) is 3.80. The van der Waals surface area contributed by atoms with E-state index in [9.17, 15) is 19.2 Å². The van der Waals surface area contributed by atoms with Crippen molar-refractivity contribution < 1.29 is 28.6 Å². The summed E-state index contributed by atoms with van der Waals surface area (Å²) in [4.78, 5) is 47.9. The Morgan fingerprint density at radius 3 is 2.64 bits per heavy atom. The van der Waals surface area contributed by atoms with Crippen LogP contribution in [0, 0.1) is 0 Å². The van der Waals surface area contributed by atoms with Crippen molar-refractivity contribution in [1.29, 1.82) is 0 Å². The highest BCUT2D eigenvalue weighted by molar-refractivity contribution is 5.95. The number of ether oxygens (including phenoxy) is 3. The van der Waals surface area contributed by atoms with E-state index in [4.69, 9.17) is 14.2 Å². The first kappa shape index (κ1) is 21.1. The number of urea groups is 1. The van der Waals surface area contributed by atoms with Crippen LogP contribution in [0.1, 0.15) is 24.3 Å². The third kappa shape index (κ3) is 5.16. The van der Waals surface area contributed by atoms with Crippen molar-refractivity contribution in [2.75, 3.05) is 26.9 Å². The molecule has 28 heavy (non-hydrogen) atoms. The molecule has 0 saturated carbocycles. The van der Waals surface area contributed by atoms with Crippen LogP contribution >= 0.6 is 0 Å². The maximum absolute atomic E-state index is 12.3. The van der Waals surface area contributed by atoms with Gasteiger partial charge in [-0.25, -0.2) is 19.1 Å². The van der Waals surface area contributed by atoms with E-state index in [0.717, 1.165) is 4.68 Å². The number of methoxy groups -OCH3 is 1. The average molecular weight is 394 g/mol. The quantitative estimate of drug-likeness (QED) is 0.566. The van der Waals surface area contributed by atoms with Crippen molar-refractivity contribution in [3.8, 4) is 0 Å². The molecule has 0 unspecified atom stereocenters. The second kappa shape index (κ2) is 9.65. The lowest BCUT2D eigenvalue weighted by Gasteiger charge is -2.26. The second-order valence-corrected chi connectivity index (χ2v) is 5.78. The van der Waals surface area contributed by atoms with Crippen LogP contribution in [0.15, 0.2) is 28.2 Å². The molecule has 2 heterocycles. The van der Waals surface area contributed by atoms with Crippen molar-refractivity contribution in [3.63, 3.8) is 0 Å². The van der Waals surface area contributed by atoms with E-state index >= 15 is 0 Å². The Kier molecular flexibility index (Phi) is 7.27. The van der Waals surface area contributed by atoms with Crippen molar-refractivity contribution in [2.45, 2.75) is 26.4 Å². The SMILES string of the molecule is CCOC(=O)C1=C(COC(=O)c2ccc(=O)n(CCOC)n2)NC(=O)N[C@H]1C. The molecule has 1 aliphatic heterocycles. The van der Waals surface area contributed by atoms with Gasteiger partial charge in [0.2, 0.25) is 0 Å². The largest absolute Gasteiger partial charge is 0.463 e. The molecule has 1 atom stereocenters. The summed E-state index contributed by atoms with van der Waals surface area (Å²) in [7, 11) is 1.48. The number of esters is 2. The highest BCUT2D eigenvalue weighted by Crippen LogP contribution is 2.15. The lowest BCUT2D eigenvalue weighted by molar-refractivity contribution is -0.139. The normalized spacial score (nSPS) is 16.2. The van der Waals surface area contributed by atoms with Gasteiger partial charge in [0.05, 0.1) is 37.1 Å². The molecule has 11 nitrogen and oxygen atoms in total. The maximum atomic E-state index is 12.3. The first-order valence-corrected chi connectivity index (χ1v) is 8.59. The van der Waals surface area contributed by atoms with E-state index in [-0.39, 0.29) is 48.9 Å².